The van der Waals surface area contributed by atoms with Gasteiger partial charge in [-0.05, 0) is 35.9 Å². The van der Waals surface area contributed by atoms with Gasteiger partial charge >= 0.3 is 0 Å². The molecule has 0 unspecified atom stereocenters. The van der Waals surface area contributed by atoms with Gasteiger partial charge in [-0.25, -0.2) is 4.98 Å². The standard InChI is InChI=1S/C18H17N3O3/c1-11(22)20-15-5-3-4-14(9-15)18(23)19-10-13-6-7-17-16(8-13)21-12(2)24-17/h3-9H,10H2,1-2H3,(H,19,23)(H,20,22). The number of oxazole rings is 1. The number of carbonyl (C=O) groups excluding carboxylic acids is 2. The number of amides is 2. The van der Waals surface area contributed by atoms with Crippen molar-refractivity contribution in [3.8, 4) is 0 Å². The Kier molecular flexibility index (Phi) is 4.29. The molecule has 0 aliphatic heterocycles. The third-order valence-corrected chi connectivity index (χ3v) is 3.46. The van der Waals surface area contributed by atoms with Crippen molar-refractivity contribution in [2.24, 2.45) is 0 Å². The molecule has 0 saturated heterocycles. The van der Waals surface area contributed by atoms with Gasteiger partial charge in [0.1, 0.15) is 5.52 Å². The quantitative estimate of drug-likeness (QED) is 0.773. The average Bonchev–Trinajstić information content (AvgIpc) is 2.91. The van der Waals surface area contributed by atoms with E-state index < -0.39 is 0 Å². The van der Waals surface area contributed by atoms with Gasteiger partial charge in [-0.2, -0.15) is 0 Å². The van der Waals surface area contributed by atoms with E-state index in [2.05, 4.69) is 15.6 Å². The summed E-state index contributed by atoms with van der Waals surface area (Å²) >= 11 is 0. The normalized spacial score (nSPS) is 10.6. The van der Waals surface area contributed by atoms with Crippen LogP contribution in [0.1, 0.15) is 28.7 Å². The Hall–Kier alpha value is -3.15. The summed E-state index contributed by atoms with van der Waals surface area (Å²) in [6.45, 7) is 3.60. The molecule has 2 N–H and O–H groups in total. The predicted octanol–water partition coefficient (Wildman–Crippen LogP) is 3.02. The summed E-state index contributed by atoms with van der Waals surface area (Å²) in [5.74, 6) is 0.225. The molecule has 0 aliphatic rings. The molecule has 0 saturated carbocycles. The van der Waals surface area contributed by atoms with E-state index in [-0.39, 0.29) is 11.8 Å². The first-order valence-electron chi connectivity index (χ1n) is 7.53. The molecule has 3 aromatic rings. The third kappa shape index (κ3) is 3.60. The second-order valence-electron chi connectivity index (χ2n) is 5.48. The van der Waals surface area contributed by atoms with Crippen LogP contribution in [-0.2, 0) is 11.3 Å². The van der Waals surface area contributed by atoms with Crippen LogP contribution in [0.3, 0.4) is 0 Å². The molecular weight excluding hydrogens is 306 g/mol. The molecule has 0 fully saturated rings. The first kappa shape index (κ1) is 15.7. The number of hydrogen-bond acceptors (Lipinski definition) is 4. The Balaban J connectivity index is 1.68. The Labute approximate surface area is 138 Å². The number of nitrogens with zero attached hydrogens (tertiary/aromatic N) is 1. The van der Waals surface area contributed by atoms with Gasteiger partial charge in [0.2, 0.25) is 5.91 Å². The van der Waals surface area contributed by atoms with Gasteiger partial charge in [0.15, 0.2) is 11.5 Å². The zero-order valence-electron chi connectivity index (χ0n) is 13.4. The Bertz CT molecular complexity index is 915. The van der Waals surface area contributed by atoms with E-state index >= 15 is 0 Å². The van der Waals surface area contributed by atoms with Crippen LogP contribution >= 0.6 is 0 Å². The smallest absolute Gasteiger partial charge is 0.251 e. The van der Waals surface area contributed by atoms with Gasteiger partial charge in [-0.3, -0.25) is 9.59 Å². The topological polar surface area (TPSA) is 84.2 Å². The van der Waals surface area contributed by atoms with E-state index in [4.69, 9.17) is 4.42 Å². The number of anilines is 1. The van der Waals surface area contributed by atoms with Crippen LogP contribution < -0.4 is 10.6 Å². The molecule has 0 spiro atoms. The highest BCUT2D eigenvalue weighted by Crippen LogP contribution is 2.17. The van der Waals surface area contributed by atoms with Crippen LogP contribution in [0, 0.1) is 6.92 Å². The number of fused-ring (bicyclic) bond motifs is 1. The predicted molar refractivity (Wildman–Crippen MR) is 90.7 cm³/mol. The molecule has 122 valence electrons. The Morgan fingerprint density at radius 3 is 2.79 bits per heavy atom. The van der Waals surface area contributed by atoms with Crippen molar-refractivity contribution in [2.75, 3.05) is 5.32 Å². The van der Waals surface area contributed by atoms with Crippen LogP contribution in [0.15, 0.2) is 46.9 Å². The molecule has 0 aliphatic carbocycles. The van der Waals surface area contributed by atoms with Crippen LogP contribution in [-0.4, -0.2) is 16.8 Å². The SMILES string of the molecule is CC(=O)Nc1cccc(C(=O)NCc2ccc3oc(C)nc3c2)c1. The zero-order chi connectivity index (χ0) is 17.1. The fourth-order valence-corrected chi connectivity index (χ4v) is 2.42. The molecule has 1 heterocycles. The van der Waals surface area contributed by atoms with Gasteiger partial charge in [0.25, 0.3) is 5.91 Å². The van der Waals surface area contributed by atoms with Crippen molar-refractivity contribution in [1.82, 2.24) is 10.3 Å². The van der Waals surface area contributed by atoms with Crippen molar-refractivity contribution >= 4 is 28.6 Å². The van der Waals surface area contributed by atoms with Crippen molar-refractivity contribution in [2.45, 2.75) is 20.4 Å². The molecule has 2 aromatic carbocycles. The average molecular weight is 323 g/mol. The second-order valence-corrected chi connectivity index (χ2v) is 5.48. The molecule has 0 atom stereocenters. The monoisotopic (exact) mass is 323 g/mol. The van der Waals surface area contributed by atoms with Crippen molar-refractivity contribution in [3.05, 3.63) is 59.5 Å². The molecule has 6 nitrogen and oxygen atoms in total. The number of carbonyl (C=O) groups is 2. The summed E-state index contributed by atoms with van der Waals surface area (Å²) < 4.78 is 5.43. The summed E-state index contributed by atoms with van der Waals surface area (Å²) in [5.41, 5.74) is 3.51. The van der Waals surface area contributed by atoms with Gasteiger partial charge in [0, 0.05) is 31.6 Å². The number of nitrogens with one attached hydrogen (secondary N) is 2. The van der Waals surface area contributed by atoms with Crippen LogP contribution in [0.25, 0.3) is 11.1 Å². The van der Waals surface area contributed by atoms with Crippen molar-refractivity contribution in [1.29, 1.82) is 0 Å². The summed E-state index contributed by atoms with van der Waals surface area (Å²) in [4.78, 5) is 27.6. The van der Waals surface area contributed by atoms with E-state index in [1.807, 2.05) is 18.2 Å². The number of aryl methyl sites for hydroxylation is 1. The van der Waals surface area contributed by atoms with Crippen molar-refractivity contribution < 1.29 is 14.0 Å². The van der Waals surface area contributed by atoms with Crippen LogP contribution in [0.4, 0.5) is 5.69 Å². The van der Waals surface area contributed by atoms with E-state index in [1.54, 1.807) is 31.2 Å². The second kappa shape index (κ2) is 6.54. The third-order valence-electron chi connectivity index (χ3n) is 3.46. The van der Waals surface area contributed by atoms with Crippen LogP contribution in [0.5, 0.6) is 0 Å². The minimum atomic E-state index is -0.210. The first-order chi connectivity index (χ1) is 11.5. The highest BCUT2D eigenvalue weighted by atomic mass is 16.3. The van der Waals surface area contributed by atoms with Crippen molar-refractivity contribution in [3.63, 3.8) is 0 Å². The van der Waals surface area contributed by atoms with Crippen LogP contribution in [0.2, 0.25) is 0 Å². The molecule has 3 rings (SSSR count). The van der Waals surface area contributed by atoms with Gasteiger partial charge in [-0.1, -0.05) is 12.1 Å². The van der Waals surface area contributed by atoms with Gasteiger partial charge in [0.05, 0.1) is 0 Å². The maximum atomic E-state index is 12.3. The lowest BCUT2D eigenvalue weighted by molar-refractivity contribution is -0.114. The number of rotatable bonds is 4. The highest BCUT2D eigenvalue weighted by molar-refractivity contribution is 5.96. The lowest BCUT2D eigenvalue weighted by Gasteiger charge is -2.07. The maximum Gasteiger partial charge on any atom is 0.251 e. The van der Waals surface area contributed by atoms with E-state index in [9.17, 15) is 9.59 Å². The van der Waals surface area contributed by atoms with E-state index in [1.165, 1.54) is 6.92 Å². The van der Waals surface area contributed by atoms with E-state index in [0.717, 1.165) is 16.7 Å². The summed E-state index contributed by atoms with van der Waals surface area (Å²) in [6.07, 6.45) is 0. The minimum Gasteiger partial charge on any atom is -0.441 e. The maximum absolute atomic E-state index is 12.3. The molecule has 2 amide bonds. The molecule has 24 heavy (non-hydrogen) atoms. The molecule has 1 aromatic heterocycles. The summed E-state index contributed by atoms with van der Waals surface area (Å²) in [6, 6.07) is 12.4. The highest BCUT2D eigenvalue weighted by Gasteiger charge is 2.08. The van der Waals surface area contributed by atoms with E-state index in [0.29, 0.717) is 23.7 Å². The van der Waals surface area contributed by atoms with Gasteiger partial charge in [-0.15, -0.1) is 0 Å². The summed E-state index contributed by atoms with van der Waals surface area (Å²) in [7, 11) is 0. The molecule has 0 radical (unpaired) electrons. The lowest BCUT2D eigenvalue weighted by atomic mass is 10.1. The largest absolute Gasteiger partial charge is 0.441 e. The lowest BCUT2D eigenvalue weighted by Crippen LogP contribution is -2.22. The fraction of sp³-hybridized carbons (Fsp3) is 0.167. The number of benzene rings is 2. The number of aromatic nitrogens is 1. The minimum absolute atomic E-state index is 0.177. The Morgan fingerprint density at radius 2 is 2.00 bits per heavy atom. The number of hydrogen-bond donors (Lipinski definition) is 2. The summed E-state index contributed by atoms with van der Waals surface area (Å²) in [5, 5.41) is 5.52. The molecule has 0 bridgehead atoms. The fourth-order valence-electron chi connectivity index (χ4n) is 2.42. The zero-order valence-corrected chi connectivity index (χ0v) is 13.4. The first-order valence-corrected chi connectivity index (χ1v) is 7.53. The Morgan fingerprint density at radius 1 is 1.17 bits per heavy atom. The molecule has 6 heteroatoms. The van der Waals surface area contributed by atoms with Gasteiger partial charge < -0.3 is 15.1 Å². The molecular formula is C18H17N3O3.